The SMILES string of the molecule is O=C(NCCCN1C(=O)NC2(CCCC2)C1=O)Nc1ccc(-c2ccccc2)cc1. The molecule has 4 rings (SSSR count). The molecule has 156 valence electrons. The van der Waals surface area contributed by atoms with E-state index in [0.717, 1.165) is 36.8 Å². The third-order valence-corrected chi connectivity index (χ3v) is 5.80. The highest BCUT2D eigenvalue weighted by molar-refractivity contribution is 6.07. The van der Waals surface area contributed by atoms with Crippen molar-refractivity contribution in [2.24, 2.45) is 0 Å². The highest BCUT2D eigenvalue weighted by Gasteiger charge is 2.51. The van der Waals surface area contributed by atoms with Crippen LogP contribution < -0.4 is 16.0 Å². The second-order valence-electron chi connectivity index (χ2n) is 7.85. The first-order valence-electron chi connectivity index (χ1n) is 10.4. The van der Waals surface area contributed by atoms with Crippen LogP contribution in [0.15, 0.2) is 54.6 Å². The number of rotatable bonds is 6. The zero-order valence-corrected chi connectivity index (χ0v) is 16.8. The van der Waals surface area contributed by atoms with Gasteiger partial charge in [-0.2, -0.15) is 0 Å². The van der Waals surface area contributed by atoms with Crippen LogP contribution in [0.4, 0.5) is 15.3 Å². The maximum atomic E-state index is 12.6. The molecule has 0 unspecified atom stereocenters. The molecule has 7 nitrogen and oxygen atoms in total. The van der Waals surface area contributed by atoms with E-state index in [1.807, 2.05) is 54.6 Å². The van der Waals surface area contributed by atoms with Gasteiger partial charge in [0.1, 0.15) is 5.54 Å². The van der Waals surface area contributed by atoms with Crippen molar-refractivity contribution in [2.75, 3.05) is 18.4 Å². The summed E-state index contributed by atoms with van der Waals surface area (Å²) < 4.78 is 0. The van der Waals surface area contributed by atoms with E-state index in [4.69, 9.17) is 0 Å². The van der Waals surface area contributed by atoms with E-state index < -0.39 is 5.54 Å². The largest absolute Gasteiger partial charge is 0.338 e. The minimum Gasteiger partial charge on any atom is -0.338 e. The Morgan fingerprint density at radius 2 is 1.63 bits per heavy atom. The van der Waals surface area contributed by atoms with E-state index in [9.17, 15) is 14.4 Å². The lowest BCUT2D eigenvalue weighted by Gasteiger charge is -2.20. The van der Waals surface area contributed by atoms with E-state index in [0.29, 0.717) is 25.2 Å². The molecule has 1 saturated carbocycles. The van der Waals surface area contributed by atoms with Crippen molar-refractivity contribution in [3.63, 3.8) is 0 Å². The maximum absolute atomic E-state index is 12.6. The lowest BCUT2D eigenvalue weighted by molar-refractivity contribution is -0.131. The molecular formula is C23H26N4O3. The first kappa shape index (κ1) is 19.9. The van der Waals surface area contributed by atoms with Gasteiger partial charge in [0, 0.05) is 18.8 Å². The maximum Gasteiger partial charge on any atom is 0.325 e. The molecule has 0 radical (unpaired) electrons. The molecule has 3 N–H and O–H groups in total. The summed E-state index contributed by atoms with van der Waals surface area (Å²) in [5.41, 5.74) is 2.22. The molecule has 2 aliphatic rings. The molecule has 0 bridgehead atoms. The molecule has 2 aromatic carbocycles. The average molecular weight is 406 g/mol. The Labute approximate surface area is 175 Å². The van der Waals surface area contributed by atoms with Crippen molar-refractivity contribution in [2.45, 2.75) is 37.6 Å². The van der Waals surface area contributed by atoms with Crippen LogP contribution in [0, 0.1) is 0 Å². The van der Waals surface area contributed by atoms with Crippen molar-refractivity contribution in [1.82, 2.24) is 15.5 Å². The van der Waals surface area contributed by atoms with Crippen molar-refractivity contribution >= 4 is 23.7 Å². The molecule has 1 aliphatic carbocycles. The second-order valence-corrected chi connectivity index (χ2v) is 7.85. The van der Waals surface area contributed by atoms with Gasteiger partial charge in [0.15, 0.2) is 0 Å². The Bertz CT molecular complexity index is 921. The Balaban J connectivity index is 1.21. The number of nitrogens with zero attached hydrogens (tertiary/aromatic N) is 1. The van der Waals surface area contributed by atoms with Gasteiger partial charge < -0.3 is 16.0 Å². The number of hydrogen-bond acceptors (Lipinski definition) is 3. The minimum atomic E-state index is -0.673. The fraction of sp³-hybridized carbons (Fsp3) is 0.348. The van der Waals surface area contributed by atoms with E-state index in [2.05, 4.69) is 16.0 Å². The molecule has 1 spiro atoms. The number of carbonyl (C=O) groups is 3. The fourth-order valence-corrected chi connectivity index (χ4v) is 4.19. The van der Waals surface area contributed by atoms with Gasteiger partial charge in [0.2, 0.25) is 0 Å². The molecular weight excluding hydrogens is 380 g/mol. The van der Waals surface area contributed by atoms with Gasteiger partial charge in [0.25, 0.3) is 5.91 Å². The Morgan fingerprint density at radius 1 is 0.967 bits per heavy atom. The van der Waals surface area contributed by atoms with Crippen molar-refractivity contribution in [1.29, 1.82) is 0 Å². The molecule has 0 aromatic heterocycles. The van der Waals surface area contributed by atoms with Gasteiger partial charge in [-0.3, -0.25) is 9.69 Å². The van der Waals surface area contributed by atoms with E-state index in [1.54, 1.807) is 0 Å². The number of carbonyl (C=O) groups excluding carboxylic acids is 3. The quantitative estimate of drug-likeness (QED) is 0.504. The third kappa shape index (κ3) is 4.15. The summed E-state index contributed by atoms with van der Waals surface area (Å²) in [5, 5.41) is 8.43. The standard InChI is InChI=1S/C23H26N4O3/c28-20-23(13-4-5-14-23)26-22(30)27(20)16-6-15-24-21(29)25-19-11-9-18(10-12-19)17-7-2-1-3-8-17/h1-3,7-12H,4-6,13-16H2,(H,26,30)(H2,24,25,29). The number of hydrogen-bond donors (Lipinski definition) is 3. The molecule has 2 fully saturated rings. The van der Waals surface area contributed by atoms with Crippen LogP contribution in [-0.2, 0) is 4.79 Å². The smallest absolute Gasteiger partial charge is 0.325 e. The minimum absolute atomic E-state index is 0.118. The first-order valence-corrected chi connectivity index (χ1v) is 10.4. The zero-order valence-electron chi connectivity index (χ0n) is 16.8. The van der Waals surface area contributed by atoms with Crippen LogP contribution in [-0.4, -0.2) is 41.5 Å². The van der Waals surface area contributed by atoms with Gasteiger partial charge in [-0.25, -0.2) is 9.59 Å². The Kier molecular flexibility index (Phi) is 5.70. The predicted octanol–water partition coefficient (Wildman–Crippen LogP) is 3.73. The highest BCUT2D eigenvalue weighted by atomic mass is 16.2. The van der Waals surface area contributed by atoms with Crippen LogP contribution in [0.5, 0.6) is 0 Å². The summed E-state index contributed by atoms with van der Waals surface area (Å²) in [4.78, 5) is 38.1. The van der Waals surface area contributed by atoms with Gasteiger partial charge in [-0.05, 0) is 42.5 Å². The van der Waals surface area contributed by atoms with Gasteiger partial charge >= 0.3 is 12.1 Å². The van der Waals surface area contributed by atoms with Crippen molar-refractivity contribution in [3.8, 4) is 11.1 Å². The lowest BCUT2D eigenvalue weighted by atomic mass is 9.98. The predicted molar refractivity (Wildman–Crippen MR) is 115 cm³/mol. The van der Waals surface area contributed by atoms with Gasteiger partial charge in [0.05, 0.1) is 0 Å². The van der Waals surface area contributed by atoms with Crippen molar-refractivity contribution < 1.29 is 14.4 Å². The van der Waals surface area contributed by atoms with E-state index in [-0.39, 0.29) is 18.0 Å². The summed E-state index contributed by atoms with van der Waals surface area (Å²) in [6.07, 6.45) is 3.88. The van der Waals surface area contributed by atoms with Crippen LogP contribution in [0.2, 0.25) is 0 Å². The summed E-state index contributed by atoms with van der Waals surface area (Å²) in [5.74, 6) is -0.118. The van der Waals surface area contributed by atoms with Crippen LogP contribution >= 0.6 is 0 Å². The van der Waals surface area contributed by atoms with Crippen molar-refractivity contribution in [3.05, 3.63) is 54.6 Å². The normalized spacial score (nSPS) is 17.3. The molecule has 1 aliphatic heterocycles. The third-order valence-electron chi connectivity index (χ3n) is 5.80. The topological polar surface area (TPSA) is 90.5 Å². The average Bonchev–Trinajstić information content (AvgIpc) is 3.32. The molecule has 7 heteroatoms. The monoisotopic (exact) mass is 406 g/mol. The van der Waals surface area contributed by atoms with Crippen LogP contribution in [0.25, 0.3) is 11.1 Å². The number of benzene rings is 2. The van der Waals surface area contributed by atoms with E-state index >= 15 is 0 Å². The molecule has 30 heavy (non-hydrogen) atoms. The Morgan fingerprint density at radius 3 is 2.33 bits per heavy atom. The number of anilines is 1. The van der Waals surface area contributed by atoms with Gasteiger partial charge in [-0.15, -0.1) is 0 Å². The molecule has 1 saturated heterocycles. The van der Waals surface area contributed by atoms with Gasteiger partial charge in [-0.1, -0.05) is 55.3 Å². The van der Waals surface area contributed by atoms with E-state index in [1.165, 1.54) is 4.90 Å². The zero-order chi connectivity index (χ0) is 21.0. The molecule has 5 amide bonds. The fourth-order valence-electron chi connectivity index (χ4n) is 4.19. The Hall–Kier alpha value is -3.35. The summed E-state index contributed by atoms with van der Waals surface area (Å²) in [7, 11) is 0. The number of imide groups is 1. The summed E-state index contributed by atoms with van der Waals surface area (Å²) >= 11 is 0. The van der Waals surface area contributed by atoms with Crippen LogP contribution in [0.1, 0.15) is 32.1 Å². The number of nitrogens with one attached hydrogen (secondary N) is 3. The highest BCUT2D eigenvalue weighted by Crippen LogP contribution is 2.35. The number of urea groups is 2. The molecule has 0 atom stereocenters. The number of amides is 5. The second kappa shape index (κ2) is 8.57. The van der Waals surface area contributed by atoms with Crippen LogP contribution in [0.3, 0.4) is 0 Å². The molecule has 1 heterocycles. The summed E-state index contributed by atoms with van der Waals surface area (Å²) in [6.45, 7) is 0.677. The summed E-state index contributed by atoms with van der Waals surface area (Å²) in [6, 6.07) is 17.0. The lowest BCUT2D eigenvalue weighted by Crippen LogP contribution is -2.44. The molecule has 2 aromatic rings. The first-order chi connectivity index (χ1) is 14.6.